The van der Waals surface area contributed by atoms with Gasteiger partial charge in [0.15, 0.2) is 0 Å². The van der Waals surface area contributed by atoms with Crippen molar-refractivity contribution in [2.24, 2.45) is 47.3 Å². The monoisotopic (exact) mass is 645 g/mol. The zero-order valence-electron chi connectivity index (χ0n) is 28.3. The number of ether oxygens (including phenoxy) is 2. The number of carbonyl (C=O) groups excluding carboxylic acids is 1. The molecule has 0 amide bonds. The van der Waals surface area contributed by atoms with Crippen molar-refractivity contribution in [3.05, 3.63) is 29.6 Å². The topological polar surface area (TPSA) is 88.9 Å². The van der Waals surface area contributed by atoms with Gasteiger partial charge in [-0.3, -0.25) is 9.78 Å². The van der Waals surface area contributed by atoms with Crippen LogP contribution < -0.4 is 0 Å². The van der Waals surface area contributed by atoms with Crippen molar-refractivity contribution in [2.75, 3.05) is 13.2 Å². The summed E-state index contributed by atoms with van der Waals surface area (Å²) in [6.45, 7) is 9.97. The van der Waals surface area contributed by atoms with Gasteiger partial charge in [-0.1, -0.05) is 32.6 Å². The molecule has 4 fully saturated rings. The number of alkyl halides is 1. The summed E-state index contributed by atoms with van der Waals surface area (Å²) in [5.74, 6) is 2.26. The second-order valence-electron chi connectivity index (χ2n) is 15.5. The molecule has 1 aromatic rings. The fourth-order valence-corrected chi connectivity index (χ4v) is 9.99. The van der Waals surface area contributed by atoms with E-state index in [1.807, 2.05) is 13.0 Å². The highest BCUT2D eigenvalue weighted by atomic mass is 35.5. The van der Waals surface area contributed by atoms with E-state index in [4.69, 9.17) is 21.1 Å². The van der Waals surface area contributed by atoms with E-state index in [0.717, 1.165) is 56.3 Å². The number of pyridine rings is 1. The third kappa shape index (κ3) is 8.90. The molecule has 2 aliphatic carbocycles. The molecule has 6 nitrogen and oxygen atoms in total. The fraction of sp³-hybridized carbons (Fsp3) is 0.842. The van der Waals surface area contributed by atoms with Crippen LogP contribution in [0.1, 0.15) is 109 Å². The summed E-state index contributed by atoms with van der Waals surface area (Å²) < 4.78 is 12.4. The minimum Gasteiger partial charge on any atom is -0.393 e. The van der Waals surface area contributed by atoms with Crippen LogP contribution in [0.3, 0.4) is 0 Å². The first-order valence-corrected chi connectivity index (χ1v) is 18.7. The standard InChI is InChI=1S/C38H60ClNO5/c1-23-20-40-16-15-29(23)17-36(42)30(18-35(41)26(4)31-9-5-7-27-13-11-24(2)44-21-33(27)31)19-37(43)38(39)32-10-6-8-28-14-12-25(3)45-22-34(28)32/h15-16,20,24-28,30-35,37-38,41,43H,5-14,17-19,21-22H2,1-4H3. The highest BCUT2D eigenvalue weighted by Gasteiger charge is 2.43. The van der Waals surface area contributed by atoms with Crippen LogP contribution in [0.2, 0.25) is 0 Å². The lowest BCUT2D eigenvalue weighted by Crippen LogP contribution is -2.43. The van der Waals surface area contributed by atoms with Crippen LogP contribution in [0.15, 0.2) is 18.5 Å². The van der Waals surface area contributed by atoms with Gasteiger partial charge < -0.3 is 19.7 Å². The number of hydrogen-bond donors (Lipinski definition) is 2. The Labute approximate surface area is 277 Å². The molecule has 45 heavy (non-hydrogen) atoms. The number of aromatic nitrogens is 1. The van der Waals surface area contributed by atoms with Gasteiger partial charge in [0.1, 0.15) is 5.78 Å². The molecule has 3 heterocycles. The van der Waals surface area contributed by atoms with Crippen LogP contribution in [0.25, 0.3) is 0 Å². The maximum Gasteiger partial charge on any atom is 0.140 e. The van der Waals surface area contributed by atoms with E-state index in [-0.39, 0.29) is 36.6 Å². The molecule has 0 radical (unpaired) electrons. The van der Waals surface area contributed by atoms with Crippen LogP contribution in [-0.4, -0.2) is 64.0 Å². The Morgan fingerprint density at radius 2 is 1.47 bits per heavy atom. The lowest BCUT2D eigenvalue weighted by molar-refractivity contribution is -0.125. The van der Waals surface area contributed by atoms with Crippen molar-refractivity contribution >= 4 is 17.4 Å². The second-order valence-corrected chi connectivity index (χ2v) is 16.0. The molecule has 254 valence electrons. The molecule has 2 aliphatic heterocycles. The van der Waals surface area contributed by atoms with E-state index < -0.39 is 23.5 Å². The Morgan fingerprint density at radius 3 is 2.09 bits per heavy atom. The SMILES string of the molecule is Cc1cnccc1CC(=O)C(CC(O)C(C)C1CCCC2CCC(C)OCC21)CC(O)C(Cl)C1CCCC2CCC(C)OCC21. The van der Waals surface area contributed by atoms with E-state index >= 15 is 0 Å². The van der Waals surface area contributed by atoms with Crippen molar-refractivity contribution in [1.29, 1.82) is 0 Å². The van der Waals surface area contributed by atoms with E-state index in [1.165, 1.54) is 25.7 Å². The van der Waals surface area contributed by atoms with Crippen LogP contribution in [0, 0.1) is 54.3 Å². The lowest BCUT2D eigenvalue weighted by Gasteiger charge is -2.42. The van der Waals surface area contributed by atoms with Gasteiger partial charge in [0, 0.05) is 24.7 Å². The van der Waals surface area contributed by atoms with Crippen LogP contribution in [0.5, 0.6) is 0 Å². The zero-order chi connectivity index (χ0) is 32.1. The molecule has 0 spiro atoms. The first kappa shape index (κ1) is 35.3. The number of hydrogen-bond acceptors (Lipinski definition) is 6. The normalized spacial score (nSPS) is 35.9. The summed E-state index contributed by atoms with van der Waals surface area (Å²) in [6, 6.07) is 1.91. The van der Waals surface area contributed by atoms with Crippen molar-refractivity contribution in [3.63, 3.8) is 0 Å². The molecule has 0 bridgehead atoms. The molecule has 1 aromatic heterocycles. The molecule has 5 rings (SSSR count). The van der Waals surface area contributed by atoms with Gasteiger partial charge >= 0.3 is 0 Å². The van der Waals surface area contributed by atoms with Crippen molar-refractivity contribution < 1.29 is 24.5 Å². The molecule has 13 atom stereocenters. The molecular weight excluding hydrogens is 586 g/mol. The molecular formula is C38H60ClNO5. The number of nitrogens with zero attached hydrogens (tertiary/aromatic N) is 1. The van der Waals surface area contributed by atoms with E-state index in [1.54, 1.807) is 12.4 Å². The van der Waals surface area contributed by atoms with Gasteiger partial charge in [-0.2, -0.15) is 0 Å². The first-order valence-electron chi connectivity index (χ1n) is 18.3. The van der Waals surface area contributed by atoms with E-state index in [2.05, 4.69) is 25.8 Å². The minimum atomic E-state index is -0.818. The number of fused-ring (bicyclic) bond motifs is 2. The summed E-state index contributed by atoms with van der Waals surface area (Å²) in [7, 11) is 0. The number of aryl methyl sites for hydroxylation is 1. The second kappa shape index (κ2) is 16.4. The van der Waals surface area contributed by atoms with Crippen LogP contribution >= 0.6 is 11.6 Å². The van der Waals surface area contributed by atoms with Gasteiger partial charge in [0.25, 0.3) is 0 Å². The summed E-state index contributed by atoms with van der Waals surface area (Å²) in [4.78, 5) is 18.2. The summed E-state index contributed by atoms with van der Waals surface area (Å²) in [6.07, 6.45) is 15.0. The highest BCUT2D eigenvalue weighted by molar-refractivity contribution is 6.21. The zero-order valence-corrected chi connectivity index (χ0v) is 29.0. The average molecular weight is 646 g/mol. The Kier molecular flexibility index (Phi) is 12.8. The highest BCUT2D eigenvalue weighted by Crippen LogP contribution is 2.46. The quantitative estimate of drug-likeness (QED) is 0.245. The summed E-state index contributed by atoms with van der Waals surface area (Å²) >= 11 is 7.18. The molecule has 13 unspecified atom stereocenters. The van der Waals surface area contributed by atoms with Crippen LogP contribution in [-0.2, 0) is 20.7 Å². The maximum atomic E-state index is 14.0. The van der Waals surface area contributed by atoms with E-state index in [9.17, 15) is 15.0 Å². The Morgan fingerprint density at radius 1 is 0.889 bits per heavy atom. The third-order valence-electron chi connectivity index (χ3n) is 12.6. The number of rotatable bonds is 11. The number of aliphatic hydroxyl groups excluding tert-OH is 2. The number of Topliss-reactive ketones (excluding diaryl/α,β-unsaturated/α-hetero) is 1. The molecule has 2 saturated heterocycles. The van der Waals surface area contributed by atoms with Gasteiger partial charge in [0.2, 0.25) is 0 Å². The third-order valence-corrected chi connectivity index (χ3v) is 13.3. The Balaban J connectivity index is 1.30. The number of halogens is 1. The predicted octanol–water partition coefficient (Wildman–Crippen LogP) is 7.33. The van der Waals surface area contributed by atoms with Gasteiger partial charge in [-0.25, -0.2) is 0 Å². The number of ketones is 1. The molecule has 0 aromatic carbocycles. The predicted molar refractivity (Wildman–Crippen MR) is 179 cm³/mol. The average Bonchev–Trinajstić information content (AvgIpc) is 3.36. The largest absolute Gasteiger partial charge is 0.393 e. The smallest absolute Gasteiger partial charge is 0.140 e. The first-order chi connectivity index (χ1) is 21.6. The number of carbonyl (C=O) groups is 1. The maximum absolute atomic E-state index is 14.0. The van der Waals surface area contributed by atoms with Gasteiger partial charge in [-0.05, 0) is 131 Å². The summed E-state index contributed by atoms with van der Waals surface area (Å²) in [5, 5.41) is 23.1. The molecule has 4 aliphatic rings. The molecule has 2 saturated carbocycles. The molecule has 7 heteroatoms. The lowest BCUT2D eigenvalue weighted by atomic mass is 9.65. The van der Waals surface area contributed by atoms with Crippen LogP contribution in [0.4, 0.5) is 0 Å². The van der Waals surface area contributed by atoms with Crippen molar-refractivity contribution in [2.45, 2.75) is 141 Å². The Bertz CT molecular complexity index is 1030. The minimum absolute atomic E-state index is 0.0564. The van der Waals surface area contributed by atoms with Gasteiger partial charge in [-0.15, -0.1) is 11.6 Å². The number of aliphatic hydroxyl groups is 2. The van der Waals surface area contributed by atoms with Gasteiger partial charge in [0.05, 0.1) is 43.0 Å². The molecule has 2 N–H and O–H groups in total. The van der Waals surface area contributed by atoms with Crippen molar-refractivity contribution in [1.82, 2.24) is 4.98 Å². The van der Waals surface area contributed by atoms with E-state index in [0.29, 0.717) is 48.7 Å². The Hall–Kier alpha value is -1.05. The fourth-order valence-electron chi connectivity index (χ4n) is 9.58. The van der Waals surface area contributed by atoms with Crippen molar-refractivity contribution in [3.8, 4) is 0 Å². The summed E-state index contributed by atoms with van der Waals surface area (Å²) in [5.41, 5.74) is 1.94.